The first-order chi connectivity index (χ1) is 10.6. The molecule has 0 N–H and O–H groups in total. The van der Waals surface area contributed by atoms with Crippen molar-refractivity contribution in [1.29, 1.82) is 0 Å². The maximum absolute atomic E-state index is 12.9. The lowest BCUT2D eigenvalue weighted by molar-refractivity contribution is 0.0746. The van der Waals surface area contributed by atoms with Crippen LogP contribution >= 0.6 is 0 Å². The van der Waals surface area contributed by atoms with Gasteiger partial charge in [-0.3, -0.25) is 4.79 Å². The number of carbonyl (C=O) groups is 1. The molecule has 0 radical (unpaired) electrons. The molecule has 0 spiro atoms. The van der Waals surface area contributed by atoms with E-state index in [1.165, 1.54) is 24.3 Å². The molecule has 0 aliphatic carbocycles. The van der Waals surface area contributed by atoms with Crippen LogP contribution in [0.3, 0.4) is 0 Å². The Morgan fingerprint density at radius 2 is 1.68 bits per heavy atom. The van der Waals surface area contributed by atoms with Gasteiger partial charge < -0.3 is 9.80 Å². The van der Waals surface area contributed by atoms with E-state index in [4.69, 9.17) is 0 Å². The van der Waals surface area contributed by atoms with Crippen LogP contribution in [0.25, 0.3) is 0 Å². The molecule has 2 heterocycles. The van der Waals surface area contributed by atoms with Crippen LogP contribution in [-0.2, 0) is 0 Å². The van der Waals surface area contributed by atoms with Gasteiger partial charge in [0.2, 0.25) is 0 Å². The van der Waals surface area contributed by atoms with Crippen molar-refractivity contribution < 1.29 is 9.18 Å². The molecule has 6 heteroatoms. The first kappa shape index (κ1) is 14.4. The van der Waals surface area contributed by atoms with E-state index in [9.17, 15) is 9.18 Å². The van der Waals surface area contributed by atoms with Gasteiger partial charge >= 0.3 is 0 Å². The van der Waals surface area contributed by atoms with Crippen molar-refractivity contribution in [3.8, 4) is 0 Å². The average Bonchev–Trinajstić information content (AvgIpc) is 2.56. The molecule has 1 fully saturated rings. The Labute approximate surface area is 128 Å². The minimum absolute atomic E-state index is 0.0605. The van der Waals surface area contributed by atoms with Crippen molar-refractivity contribution >= 4 is 11.7 Å². The van der Waals surface area contributed by atoms with Gasteiger partial charge in [0.05, 0.1) is 5.69 Å². The number of aryl methyl sites for hydroxylation is 1. The fourth-order valence-electron chi connectivity index (χ4n) is 2.47. The molecular weight excluding hydrogens is 283 g/mol. The molecular formula is C16H17FN4O. The topological polar surface area (TPSA) is 49.3 Å². The normalized spacial score (nSPS) is 15.0. The van der Waals surface area contributed by atoms with E-state index < -0.39 is 0 Å². The standard InChI is InChI=1S/C16H17FN4O/c1-12-2-7-15(19-18-12)20-8-10-21(11-9-20)16(22)13-3-5-14(17)6-4-13/h2-7H,8-11H2,1H3. The molecule has 114 valence electrons. The summed E-state index contributed by atoms with van der Waals surface area (Å²) in [5.74, 6) is 0.438. The number of aromatic nitrogens is 2. The SMILES string of the molecule is Cc1ccc(N2CCN(C(=O)c3ccc(F)cc3)CC2)nn1. The van der Waals surface area contributed by atoms with Gasteiger partial charge in [-0.1, -0.05) is 0 Å². The Hall–Kier alpha value is -2.50. The zero-order chi connectivity index (χ0) is 15.5. The van der Waals surface area contributed by atoms with Gasteiger partial charge in [-0.15, -0.1) is 5.10 Å². The number of anilines is 1. The van der Waals surface area contributed by atoms with Gasteiger partial charge in [0, 0.05) is 31.7 Å². The highest BCUT2D eigenvalue weighted by molar-refractivity contribution is 5.94. The van der Waals surface area contributed by atoms with E-state index in [1.54, 1.807) is 4.90 Å². The van der Waals surface area contributed by atoms with Gasteiger partial charge in [0.15, 0.2) is 5.82 Å². The van der Waals surface area contributed by atoms with E-state index in [2.05, 4.69) is 15.1 Å². The molecule has 0 unspecified atom stereocenters. The molecule has 22 heavy (non-hydrogen) atoms. The number of amides is 1. The zero-order valence-electron chi connectivity index (χ0n) is 12.4. The predicted octanol–water partition coefficient (Wildman–Crippen LogP) is 1.89. The molecule has 1 amide bonds. The van der Waals surface area contributed by atoms with Crippen LogP contribution in [0.5, 0.6) is 0 Å². The number of piperazine rings is 1. The van der Waals surface area contributed by atoms with Gasteiger partial charge in [-0.25, -0.2) is 4.39 Å². The monoisotopic (exact) mass is 300 g/mol. The van der Waals surface area contributed by atoms with Crippen molar-refractivity contribution in [2.45, 2.75) is 6.92 Å². The first-order valence-corrected chi connectivity index (χ1v) is 7.23. The first-order valence-electron chi connectivity index (χ1n) is 7.23. The summed E-state index contributed by atoms with van der Waals surface area (Å²) in [4.78, 5) is 16.3. The van der Waals surface area contributed by atoms with Gasteiger partial charge in [-0.05, 0) is 43.3 Å². The molecule has 0 saturated carbocycles. The lowest BCUT2D eigenvalue weighted by Gasteiger charge is -2.35. The van der Waals surface area contributed by atoms with Crippen LogP contribution in [0, 0.1) is 12.7 Å². The summed E-state index contributed by atoms with van der Waals surface area (Å²) in [7, 11) is 0. The van der Waals surface area contributed by atoms with Crippen molar-refractivity contribution in [3.63, 3.8) is 0 Å². The van der Waals surface area contributed by atoms with Crippen LogP contribution < -0.4 is 4.90 Å². The highest BCUT2D eigenvalue weighted by atomic mass is 19.1. The maximum atomic E-state index is 12.9. The second kappa shape index (κ2) is 6.09. The zero-order valence-corrected chi connectivity index (χ0v) is 12.4. The number of carbonyl (C=O) groups excluding carboxylic acids is 1. The molecule has 1 aromatic carbocycles. The summed E-state index contributed by atoms with van der Waals surface area (Å²) < 4.78 is 12.9. The second-order valence-corrected chi connectivity index (χ2v) is 5.32. The Morgan fingerprint density at radius 1 is 1.00 bits per heavy atom. The fraction of sp³-hybridized carbons (Fsp3) is 0.312. The quantitative estimate of drug-likeness (QED) is 0.850. The molecule has 0 atom stereocenters. The molecule has 1 aliphatic rings. The fourth-order valence-corrected chi connectivity index (χ4v) is 2.47. The average molecular weight is 300 g/mol. The number of nitrogens with zero attached hydrogens (tertiary/aromatic N) is 4. The smallest absolute Gasteiger partial charge is 0.253 e. The van der Waals surface area contributed by atoms with Crippen LogP contribution in [0.15, 0.2) is 36.4 Å². The molecule has 1 aliphatic heterocycles. The van der Waals surface area contributed by atoms with E-state index in [-0.39, 0.29) is 11.7 Å². The summed E-state index contributed by atoms with van der Waals surface area (Å²) in [6, 6.07) is 9.54. The van der Waals surface area contributed by atoms with Crippen LogP contribution in [0.1, 0.15) is 16.1 Å². The number of hydrogen-bond donors (Lipinski definition) is 0. The predicted molar refractivity (Wildman–Crippen MR) is 81.3 cm³/mol. The third kappa shape index (κ3) is 3.05. The van der Waals surface area contributed by atoms with E-state index in [0.717, 1.165) is 11.5 Å². The highest BCUT2D eigenvalue weighted by Gasteiger charge is 2.22. The summed E-state index contributed by atoms with van der Waals surface area (Å²) in [5, 5.41) is 8.23. The Kier molecular flexibility index (Phi) is 4.00. The Bertz CT molecular complexity index is 649. The number of benzene rings is 1. The van der Waals surface area contributed by atoms with Crippen molar-refractivity contribution in [3.05, 3.63) is 53.5 Å². The number of hydrogen-bond acceptors (Lipinski definition) is 4. The van der Waals surface area contributed by atoms with Crippen molar-refractivity contribution in [1.82, 2.24) is 15.1 Å². The highest BCUT2D eigenvalue weighted by Crippen LogP contribution is 2.14. The van der Waals surface area contributed by atoms with Crippen molar-refractivity contribution in [2.24, 2.45) is 0 Å². The molecule has 1 aromatic heterocycles. The molecule has 1 saturated heterocycles. The van der Waals surface area contributed by atoms with E-state index >= 15 is 0 Å². The summed E-state index contributed by atoms with van der Waals surface area (Å²) in [6.07, 6.45) is 0. The molecule has 5 nitrogen and oxygen atoms in total. The van der Waals surface area contributed by atoms with Gasteiger partial charge in [0.1, 0.15) is 5.82 Å². The van der Waals surface area contributed by atoms with Gasteiger partial charge in [-0.2, -0.15) is 5.10 Å². The van der Waals surface area contributed by atoms with E-state index in [0.29, 0.717) is 31.7 Å². The minimum Gasteiger partial charge on any atom is -0.352 e. The van der Waals surface area contributed by atoms with Crippen LogP contribution in [-0.4, -0.2) is 47.2 Å². The van der Waals surface area contributed by atoms with Crippen molar-refractivity contribution in [2.75, 3.05) is 31.1 Å². The maximum Gasteiger partial charge on any atom is 0.253 e. The van der Waals surface area contributed by atoms with Crippen LogP contribution in [0.4, 0.5) is 10.2 Å². The lowest BCUT2D eigenvalue weighted by atomic mass is 10.2. The summed E-state index contributed by atoms with van der Waals surface area (Å²) in [6.45, 7) is 4.56. The minimum atomic E-state index is -0.334. The number of rotatable bonds is 2. The molecule has 3 rings (SSSR count). The van der Waals surface area contributed by atoms with E-state index in [1.807, 2.05) is 19.1 Å². The Morgan fingerprint density at radius 3 is 2.27 bits per heavy atom. The Balaban J connectivity index is 1.62. The summed E-state index contributed by atoms with van der Waals surface area (Å²) >= 11 is 0. The molecule has 0 bridgehead atoms. The third-order valence-corrected chi connectivity index (χ3v) is 3.77. The molecule has 2 aromatic rings. The third-order valence-electron chi connectivity index (χ3n) is 3.77. The second-order valence-electron chi connectivity index (χ2n) is 5.32. The number of halogens is 1. The van der Waals surface area contributed by atoms with Gasteiger partial charge in [0.25, 0.3) is 5.91 Å². The largest absolute Gasteiger partial charge is 0.352 e. The van der Waals surface area contributed by atoms with Crippen LogP contribution in [0.2, 0.25) is 0 Å². The lowest BCUT2D eigenvalue weighted by Crippen LogP contribution is -2.49. The summed E-state index contributed by atoms with van der Waals surface area (Å²) in [5.41, 5.74) is 1.40.